The van der Waals surface area contributed by atoms with Crippen LogP contribution in [-0.4, -0.2) is 47.1 Å². The molecule has 3 rings (SSSR count). The van der Waals surface area contributed by atoms with Crippen molar-refractivity contribution in [2.75, 3.05) is 19.3 Å². The number of nitrogens with two attached hydrogens (primary N) is 1. The molecular weight excluding hydrogens is 348 g/mol. The number of hydrogen-bond acceptors (Lipinski definition) is 5. The number of urea groups is 1. The second kappa shape index (κ2) is 7.10. The van der Waals surface area contributed by atoms with Gasteiger partial charge in [0.2, 0.25) is 5.91 Å². The van der Waals surface area contributed by atoms with Crippen molar-refractivity contribution in [3.63, 3.8) is 0 Å². The Bertz CT molecular complexity index is 752. The van der Waals surface area contributed by atoms with Gasteiger partial charge in [-0.2, -0.15) is 0 Å². The van der Waals surface area contributed by atoms with E-state index in [-0.39, 0.29) is 18.4 Å². The number of rotatable bonds is 3. The predicted octanol–water partition coefficient (Wildman–Crippen LogP) is 0.605. The molecule has 25 heavy (non-hydrogen) atoms. The van der Waals surface area contributed by atoms with E-state index in [1.54, 1.807) is 6.07 Å². The first-order valence-electron chi connectivity index (χ1n) is 7.69. The predicted molar refractivity (Wildman–Crippen MR) is 91.8 cm³/mol. The molecule has 1 heterocycles. The maximum atomic E-state index is 12.2. The molecule has 1 saturated heterocycles. The van der Waals surface area contributed by atoms with Gasteiger partial charge in [-0.3, -0.25) is 19.3 Å². The summed E-state index contributed by atoms with van der Waals surface area (Å²) >= 11 is 0. The van der Waals surface area contributed by atoms with E-state index in [2.05, 4.69) is 5.32 Å². The van der Waals surface area contributed by atoms with Crippen molar-refractivity contribution in [2.24, 2.45) is 0 Å². The van der Waals surface area contributed by atoms with Crippen LogP contribution in [0.4, 0.5) is 10.5 Å². The van der Waals surface area contributed by atoms with Crippen molar-refractivity contribution in [3.8, 4) is 0 Å². The summed E-state index contributed by atoms with van der Waals surface area (Å²) in [5, 5.41) is 2.84. The summed E-state index contributed by atoms with van der Waals surface area (Å²) in [7, 11) is 1.21. The number of carbonyl (C=O) groups is 4. The number of benzene rings is 1. The molecule has 1 aromatic rings. The Balaban J connectivity index is 0.00000225. The number of likely N-dealkylation sites (N-methyl/N-ethyl adjacent to an activating group) is 1. The van der Waals surface area contributed by atoms with Crippen LogP contribution < -0.4 is 11.1 Å². The minimum absolute atomic E-state index is 0. The normalized spacial score (nSPS) is 19.6. The minimum Gasteiger partial charge on any atom is -0.399 e. The van der Waals surface area contributed by atoms with Gasteiger partial charge in [0.25, 0.3) is 0 Å². The maximum Gasteiger partial charge on any atom is 0.334 e. The van der Waals surface area contributed by atoms with Crippen molar-refractivity contribution in [3.05, 3.63) is 29.3 Å². The number of anilines is 1. The lowest BCUT2D eigenvalue weighted by Gasteiger charge is -2.27. The highest BCUT2D eigenvalue weighted by atomic mass is 35.5. The second-order valence-corrected chi connectivity index (χ2v) is 6.01. The molecule has 5 amide bonds. The standard InChI is InChI=1S/C16H18N4O4.ClH/c1-19-14(22)15(23)20(16(19)24)8-13(21)18-12-4-2-3-9-7-10(17)5-6-11(9)12;/h5-7,12H,2-4,8,17H2,1H3,(H,18,21);1H. The SMILES string of the molecule is CN1C(=O)C(=O)N(CC(=O)NC2CCCc3cc(N)ccc32)C1=O.Cl. The van der Waals surface area contributed by atoms with Gasteiger partial charge in [-0.25, -0.2) is 9.69 Å². The molecule has 0 radical (unpaired) electrons. The summed E-state index contributed by atoms with van der Waals surface area (Å²) in [4.78, 5) is 48.6. The van der Waals surface area contributed by atoms with Crippen molar-refractivity contribution < 1.29 is 19.2 Å². The second-order valence-electron chi connectivity index (χ2n) is 6.01. The van der Waals surface area contributed by atoms with Gasteiger partial charge < -0.3 is 11.1 Å². The van der Waals surface area contributed by atoms with E-state index < -0.39 is 30.3 Å². The van der Waals surface area contributed by atoms with E-state index in [0.717, 1.165) is 30.4 Å². The van der Waals surface area contributed by atoms with Gasteiger partial charge in [-0.15, -0.1) is 12.4 Å². The van der Waals surface area contributed by atoms with E-state index in [1.807, 2.05) is 12.1 Å². The lowest BCUT2D eigenvalue weighted by molar-refractivity contribution is -0.143. The quantitative estimate of drug-likeness (QED) is 0.462. The highest BCUT2D eigenvalue weighted by Gasteiger charge is 2.43. The Morgan fingerprint density at radius 3 is 2.64 bits per heavy atom. The molecule has 0 spiro atoms. The molecule has 8 nitrogen and oxygen atoms in total. The zero-order chi connectivity index (χ0) is 17.4. The van der Waals surface area contributed by atoms with Crippen LogP contribution in [0.15, 0.2) is 18.2 Å². The zero-order valence-corrected chi connectivity index (χ0v) is 14.5. The Labute approximate surface area is 150 Å². The fourth-order valence-electron chi connectivity index (χ4n) is 3.12. The molecular formula is C16H19ClN4O4. The molecule has 1 aliphatic carbocycles. The van der Waals surface area contributed by atoms with Gasteiger partial charge in [0.15, 0.2) is 0 Å². The number of nitrogen functional groups attached to an aromatic ring is 1. The smallest absolute Gasteiger partial charge is 0.334 e. The lowest BCUT2D eigenvalue weighted by atomic mass is 9.87. The number of carbonyl (C=O) groups excluding carboxylic acids is 4. The number of imide groups is 2. The number of nitrogens with one attached hydrogen (secondary N) is 1. The fourth-order valence-corrected chi connectivity index (χ4v) is 3.12. The summed E-state index contributed by atoms with van der Waals surface area (Å²) < 4.78 is 0. The number of halogens is 1. The van der Waals surface area contributed by atoms with Crippen LogP contribution >= 0.6 is 12.4 Å². The molecule has 3 N–H and O–H groups in total. The average Bonchev–Trinajstić information content (AvgIpc) is 2.72. The van der Waals surface area contributed by atoms with Crippen LogP contribution in [0, 0.1) is 0 Å². The molecule has 1 aromatic carbocycles. The first-order valence-corrected chi connectivity index (χ1v) is 7.69. The van der Waals surface area contributed by atoms with Crippen molar-refractivity contribution in [2.45, 2.75) is 25.3 Å². The Kier molecular flexibility index (Phi) is 5.32. The first kappa shape index (κ1) is 18.7. The highest BCUT2D eigenvalue weighted by molar-refractivity contribution is 6.44. The van der Waals surface area contributed by atoms with Crippen LogP contribution in [0.2, 0.25) is 0 Å². The molecule has 1 fully saturated rings. The van der Waals surface area contributed by atoms with Gasteiger partial charge in [0.1, 0.15) is 6.54 Å². The molecule has 0 saturated carbocycles. The third-order valence-electron chi connectivity index (χ3n) is 4.37. The zero-order valence-electron chi connectivity index (χ0n) is 13.7. The van der Waals surface area contributed by atoms with Gasteiger partial charge in [-0.05, 0) is 42.5 Å². The monoisotopic (exact) mass is 366 g/mol. The molecule has 2 aliphatic rings. The lowest BCUT2D eigenvalue weighted by Crippen LogP contribution is -2.42. The maximum absolute atomic E-state index is 12.2. The summed E-state index contributed by atoms with van der Waals surface area (Å²) in [5.41, 5.74) is 8.55. The molecule has 1 aliphatic heterocycles. The van der Waals surface area contributed by atoms with E-state index in [9.17, 15) is 19.2 Å². The first-order chi connectivity index (χ1) is 11.4. The number of fused-ring (bicyclic) bond motifs is 1. The number of hydrogen-bond donors (Lipinski definition) is 2. The molecule has 9 heteroatoms. The Morgan fingerprint density at radius 1 is 1.28 bits per heavy atom. The highest BCUT2D eigenvalue weighted by Crippen LogP contribution is 2.30. The van der Waals surface area contributed by atoms with Crippen LogP contribution in [0.25, 0.3) is 0 Å². The van der Waals surface area contributed by atoms with Crippen LogP contribution in [0.1, 0.15) is 30.0 Å². The fraction of sp³-hybridized carbons (Fsp3) is 0.375. The molecule has 1 atom stereocenters. The molecule has 134 valence electrons. The summed E-state index contributed by atoms with van der Waals surface area (Å²) in [6, 6.07) is 4.59. The molecule has 1 unspecified atom stereocenters. The van der Waals surface area contributed by atoms with Crippen molar-refractivity contribution in [1.82, 2.24) is 15.1 Å². The Morgan fingerprint density at radius 2 is 2.00 bits per heavy atom. The number of amides is 5. The van der Waals surface area contributed by atoms with Crippen molar-refractivity contribution in [1.29, 1.82) is 0 Å². The van der Waals surface area contributed by atoms with Gasteiger partial charge in [0.05, 0.1) is 6.04 Å². The summed E-state index contributed by atoms with van der Waals surface area (Å²) in [5.74, 6) is -2.38. The molecule has 0 bridgehead atoms. The van der Waals surface area contributed by atoms with E-state index in [1.165, 1.54) is 7.05 Å². The van der Waals surface area contributed by atoms with Crippen LogP contribution in [-0.2, 0) is 20.8 Å². The largest absolute Gasteiger partial charge is 0.399 e. The average molecular weight is 367 g/mol. The third-order valence-corrected chi connectivity index (χ3v) is 4.37. The van der Waals surface area contributed by atoms with Gasteiger partial charge >= 0.3 is 17.8 Å². The number of nitrogens with zero attached hydrogens (tertiary/aromatic N) is 2. The van der Waals surface area contributed by atoms with E-state index in [0.29, 0.717) is 15.5 Å². The van der Waals surface area contributed by atoms with Gasteiger partial charge in [-0.1, -0.05) is 6.07 Å². The third kappa shape index (κ3) is 3.43. The van der Waals surface area contributed by atoms with Crippen LogP contribution in [0.3, 0.4) is 0 Å². The van der Waals surface area contributed by atoms with Crippen LogP contribution in [0.5, 0.6) is 0 Å². The van der Waals surface area contributed by atoms with Gasteiger partial charge in [0, 0.05) is 12.7 Å². The minimum atomic E-state index is -0.977. The summed E-state index contributed by atoms with van der Waals surface area (Å²) in [6.45, 7) is -0.464. The van der Waals surface area contributed by atoms with E-state index in [4.69, 9.17) is 5.73 Å². The van der Waals surface area contributed by atoms with E-state index >= 15 is 0 Å². The Hall–Kier alpha value is -2.61. The summed E-state index contributed by atoms with van der Waals surface area (Å²) in [6.07, 6.45) is 2.57. The topological polar surface area (TPSA) is 113 Å². The molecule has 0 aromatic heterocycles. The van der Waals surface area contributed by atoms with Crippen molar-refractivity contribution >= 4 is 41.8 Å². The number of aryl methyl sites for hydroxylation is 1.